The molecule has 1 aromatic carbocycles. The van der Waals surface area contributed by atoms with Crippen LogP contribution in [0.25, 0.3) is 0 Å². The Bertz CT molecular complexity index is 340. The van der Waals surface area contributed by atoms with E-state index in [-0.39, 0.29) is 0 Å². The Labute approximate surface area is 95.1 Å². The molecule has 0 bridgehead atoms. The van der Waals surface area contributed by atoms with Gasteiger partial charge in [-0.05, 0) is 23.6 Å². The van der Waals surface area contributed by atoms with E-state index in [0.29, 0.717) is 17.5 Å². The first-order valence-corrected chi connectivity index (χ1v) is 5.16. The topological polar surface area (TPSA) is 44.5 Å². The molecule has 3 nitrogen and oxygen atoms in total. The molecule has 0 aliphatic carbocycles. The zero-order valence-corrected chi connectivity index (χ0v) is 9.97. The van der Waals surface area contributed by atoms with Gasteiger partial charge in [0, 0.05) is 10.6 Å². The summed E-state index contributed by atoms with van der Waals surface area (Å²) in [6, 6.07) is 3.66. The van der Waals surface area contributed by atoms with Gasteiger partial charge in [-0.3, -0.25) is 4.84 Å². The van der Waals surface area contributed by atoms with Gasteiger partial charge in [0.05, 0.1) is 13.7 Å². The smallest absolute Gasteiger partial charge is 0.124 e. The summed E-state index contributed by atoms with van der Waals surface area (Å²) in [5.41, 5.74) is 2.06. The summed E-state index contributed by atoms with van der Waals surface area (Å²) in [6.07, 6.45) is 0. The Kier molecular flexibility index (Phi) is 4.39. The average Bonchev–Trinajstić information content (AvgIpc) is 2.16. The van der Waals surface area contributed by atoms with Crippen LogP contribution in [0.1, 0.15) is 30.9 Å². The van der Waals surface area contributed by atoms with Gasteiger partial charge in [0.2, 0.25) is 0 Å². The van der Waals surface area contributed by atoms with Crippen molar-refractivity contribution in [3.05, 3.63) is 28.3 Å². The van der Waals surface area contributed by atoms with Gasteiger partial charge < -0.3 is 4.74 Å². The fourth-order valence-electron chi connectivity index (χ4n) is 1.68. The van der Waals surface area contributed by atoms with E-state index in [1.165, 1.54) is 0 Å². The second kappa shape index (κ2) is 5.35. The number of hydrogen-bond donors (Lipinski definition) is 1. The summed E-state index contributed by atoms with van der Waals surface area (Å²) in [6.45, 7) is 4.52. The number of hydrogen-bond acceptors (Lipinski definition) is 3. The van der Waals surface area contributed by atoms with Gasteiger partial charge in [-0.25, -0.2) is 5.90 Å². The van der Waals surface area contributed by atoms with Crippen LogP contribution in [0.2, 0.25) is 5.02 Å². The Morgan fingerprint density at radius 3 is 2.53 bits per heavy atom. The molecule has 0 atom stereocenters. The summed E-state index contributed by atoms with van der Waals surface area (Å²) in [7, 11) is 1.63. The molecule has 0 spiro atoms. The van der Waals surface area contributed by atoms with Crippen LogP contribution in [0.3, 0.4) is 0 Å². The highest BCUT2D eigenvalue weighted by Crippen LogP contribution is 2.33. The normalized spacial score (nSPS) is 10.8. The Hall–Kier alpha value is -0.770. The van der Waals surface area contributed by atoms with E-state index in [2.05, 4.69) is 18.7 Å². The minimum Gasteiger partial charge on any atom is -0.496 e. The van der Waals surface area contributed by atoms with E-state index in [1.54, 1.807) is 13.2 Å². The molecule has 4 heteroatoms. The first-order valence-electron chi connectivity index (χ1n) is 4.78. The van der Waals surface area contributed by atoms with E-state index >= 15 is 0 Å². The fourth-order valence-corrected chi connectivity index (χ4v) is 1.91. The Balaban J connectivity index is 3.26. The number of ether oxygens (including phenoxy) is 1. The maximum absolute atomic E-state index is 5.96. The van der Waals surface area contributed by atoms with Crippen LogP contribution in [0.4, 0.5) is 0 Å². The third kappa shape index (κ3) is 2.84. The Morgan fingerprint density at radius 1 is 1.40 bits per heavy atom. The first kappa shape index (κ1) is 12.3. The van der Waals surface area contributed by atoms with Crippen molar-refractivity contribution in [2.45, 2.75) is 26.4 Å². The van der Waals surface area contributed by atoms with Crippen LogP contribution >= 0.6 is 11.6 Å². The number of benzene rings is 1. The van der Waals surface area contributed by atoms with Gasteiger partial charge in [0.1, 0.15) is 5.75 Å². The van der Waals surface area contributed by atoms with E-state index in [4.69, 9.17) is 22.2 Å². The molecular weight excluding hydrogens is 214 g/mol. The van der Waals surface area contributed by atoms with Crippen molar-refractivity contribution < 1.29 is 9.57 Å². The third-order valence-electron chi connectivity index (χ3n) is 2.23. The van der Waals surface area contributed by atoms with Crippen molar-refractivity contribution in [3.8, 4) is 5.75 Å². The highest BCUT2D eigenvalue weighted by molar-refractivity contribution is 6.30. The lowest BCUT2D eigenvalue weighted by molar-refractivity contribution is 0.123. The maximum Gasteiger partial charge on any atom is 0.124 e. The zero-order chi connectivity index (χ0) is 11.4. The molecule has 0 saturated heterocycles. The summed E-state index contributed by atoms with van der Waals surface area (Å²) in [5, 5.41) is 0.628. The molecule has 0 unspecified atom stereocenters. The molecule has 0 aromatic heterocycles. The molecule has 0 saturated carbocycles. The van der Waals surface area contributed by atoms with Gasteiger partial charge in [-0.2, -0.15) is 0 Å². The van der Waals surface area contributed by atoms with Crippen LogP contribution in [-0.4, -0.2) is 7.11 Å². The van der Waals surface area contributed by atoms with Crippen LogP contribution < -0.4 is 10.6 Å². The Morgan fingerprint density at radius 2 is 2.07 bits per heavy atom. The summed E-state index contributed by atoms with van der Waals surface area (Å²) < 4.78 is 5.29. The molecule has 0 fully saturated rings. The molecular formula is C11H16ClNO2. The lowest BCUT2D eigenvalue weighted by atomic mass is 9.96. The zero-order valence-electron chi connectivity index (χ0n) is 9.21. The minimum absolute atomic E-state index is 0.336. The molecule has 1 rings (SSSR count). The lowest BCUT2D eigenvalue weighted by Gasteiger charge is -2.16. The largest absolute Gasteiger partial charge is 0.496 e. The summed E-state index contributed by atoms with van der Waals surface area (Å²) >= 11 is 5.96. The molecule has 0 radical (unpaired) electrons. The number of halogens is 1. The van der Waals surface area contributed by atoms with E-state index < -0.39 is 0 Å². The maximum atomic E-state index is 5.96. The molecule has 0 amide bonds. The summed E-state index contributed by atoms with van der Waals surface area (Å²) in [5.74, 6) is 6.20. The monoisotopic (exact) mass is 229 g/mol. The van der Waals surface area contributed by atoms with Crippen LogP contribution in [0.5, 0.6) is 5.75 Å². The van der Waals surface area contributed by atoms with E-state index in [1.807, 2.05) is 6.07 Å². The number of methoxy groups -OCH3 is 1. The molecule has 0 heterocycles. The van der Waals surface area contributed by atoms with Gasteiger partial charge in [-0.15, -0.1) is 0 Å². The SMILES string of the molecule is COc1cc(Cl)cc(CON)c1C(C)C. The lowest BCUT2D eigenvalue weighted by Crippen LogP contribution is -2.05. The first-order chi connectivity index (χ1) is 7.10. The standard InChI is InChI=1S/C11H16ClNO2/c1-7(2)11-8(6-15-13)4-9(12)5-10(11)14-3/h4-5,7H,6,13H2,1-3H3. The van der Waals surface area contributed by atoms with Gasteiger partial charge >= 0.3 is 0 Å². The minimum atomic E-state index is 0.336. The van der Waals surface area contributed by atoms with E-state index in [9.17, 15) is 0 Å². The molecule has 15 heavy (non-hydrogen) atoms. The van der Waals surface area contributed by atoms with Crippen molar-refractivity contribution in [2.24, 2.45) is 5.90 Å². The fraction of sp³-hybridized carbons (Fsp3) is 0.455. The highest BCUT2D eigenvalue weighted by atomic mass is 35.5. The predicted molar refractivity (Wildman–Crippen MR) is 61.1 cm³/mol. The highest BCUT2D eigenvalue weighted by Gasteiger charge is 2.14. The molecule has 1 aromatic rings. The van der Waals surface area contributed by atoms with Gasteiger partial charge in [-0.1, -0.05) is 25.4 Å². The molecule has 2 N–H and O–H groups in total. The van der Waals surface area contributed by atoms with Gasteiger partial charge in [0.25, 0.3) is 0 Å². The molecule has 84 valence electrons. The van der Waals surface area contributed by atoms with Crippen LogP contribution in [0.15, 0.2) is 12.1 Å². The third-order valence-corrected chi connectivity index (χ3v) is 2.45. The average molecular weight is 230 g/mol. The number of nitrogens with two attached hydrogens (primary N) is 1. The van der Waals surface area contributed by atoms with Crippen molar-refractivity contribution in [1.82, 2.24) is 0 Å². The molecule has 0 aliphatic rings. The second-order valence-electron chi connectivity index (χ2n) is 3.65. The second-order valence-corrected chi connectivity index (χ2v) is 4.08. The quantitative estimate of drug-likeness (QED) is 0.808. The van der Waals surface area contributed by atoms with Crippen molar-refractivity contribution in [3.63, 3.8) is 0 Å². The van der Waals surface area contributed by atoms with Crippen LogP contribution in [-0.2, 0) is 11.4 Å². The molecule has 0 aliphatic heterocycles. The van der Waals surface area contributed by atoms with Crippen LogP contribution in [0, 0.1) is 0 Å². The van der Waals surface area contributed by atoms with Crippen molar-refractivity contribution in [1.29, 1.82) is 0 Å². The van der Waals surface area contributed by atoms with Gasteiger partial charge in [0.15, 0.2) is 0 Å². The van der Waals surface area contributed by atoms with E-state index in [0.717, 1.165) is 16.9 Å². The predicted octanol–water partition coefficient (Wildman–Crippen LogP) is 2.86. The number of rotatable bonds is 4. The van der Waals surface area contributed by atoms with Crippen molar-refractivity contribution >= 4 is 11.6 Å². The van der Waals surface area contributed by atoms with Crippen molar-refractivity contribution in [2.75, 3.05) is 7.11 Å². The summed E-state index contributed by atoms with van der Waals surface area (Å²) in [4.78, 5) is 4.66.